The summed E-state index contributed by atoms with van der Waals surface area (Å²) in [5.41, 5.74) is 0.398. The number of rotatable bonds is 5. The van der Waals surface area contributed by atoms with Crippen molar-refractivity contribution in [3.63, 3.8) is 0 Å². The Bertz CT molecular complexity index is 397. The molecule has 4 nitrogen and oxygen atoms in total. The molecular formula is C17H32IN3OS. The van der Waals surface area contributed by atoms with Crippen molar-refractivity contribution in [3.8, 4) is 0 Å². The van der Waals surface area contributed by atoms with Crippen molar-refractivity contribution in [1.82, 2.24) is 10.6 Å². The van der Waals surface area contributed by atoms with E-state index in [1.807, 2.05) is 7.05 Å². The van der Waals surface area contributed by atoms with Gasteiger partial charge in [-0.25, -0.2) is 0 Å². The van der Waals surface area contributed by atoms with E-state index in [0.29, 0.717) is 17.6 Å². The van der Waals surface area contributed by atoms with Gasteiger partial charge in [-0.3, -0.25) is 4.99 Å². The maximum absolute atomic E-state index is 5.93. The molecule has 2 atom stereocenters. The van der Waals surface area contributed by atoms with Crippen molar-refractivity contribution in [1.29, 1.82) is 0 Å². The quantitative estimate of drug-likeness (QED) is 0.381. The summed E-state index contributed by atoms with van der Waals surface area (Å²) < 4.78 is 5.93. The lowest BCUT2D eigenvalue weighted by Crippen LogP contribution is -2.68. The van der Waals surface area contributed by atoms with Gasteiger partial charge in [-0.05, 0) is 56.5 Å². The summed E-state index contributed by atoms with van der Waals surface area (Å²) in [4.78, 5) is 4.44. The van der Waals surface area contributed by atoms with E-state index in [0.717, 1.165) is 31.4 Å². The summed E-state index contributed by atoms with van der Waals surface area (Å²) >= 11 is 2.09. The normalized spacial score (nSPS) is 30.1. The molecule has 0 aromatic rings. The number of aliphatic imine (C=N–C) groups is 1. The number of thioether (sulfide) groups is 1. The van der Waals surface area contributed by atoms with Crippen LogP contribution in [0.25, 0.3) is 0 Å². The van der Waals surface area contributed by atoms with E-state index >= 15 is 0 Å². The van der Waals surface area contributed by atoms with E-state index in [1.165, 1.54) is 43.6 Å². The first-order chi connectivity index (χ1) is 10.8. The SMILES string of the molecule is CCOC1CC(NC(=NC)NCC2CCSCC2)C12CCC2.I. The summed E-state index contributed by atoms with van der Waals surface area (Å²) in [6.45, 7) is 4.01. The second-order valence-electron chi connectivity index (χ2n) is 6.97. The Morgan fingerprint density at radius 2 is 2.04 bits per heavy atom. The van der Waals surface area contributed by atoms with Crippen LogP contribution in [-0.2, 0) is 4.74 Å². The zero-order chi connectivity index (χ0) is 15.4. The van der Waals surface area contributed by atoms with E-state index in [1.54, 1.807) is 0 Å². The highest BCUT2D eigenvalue weighted by Crippen LogP contribution is 2.57. The molecule has 2 unspecified atom stereocenters. The first-order valence-corrected chi connectivity index (χ1v) is 10.1. The Balaban J connectivity index is 0.00000192. The number of nitrogens with one attached hydrogen (secondary N) is 2. The average Bonchev–Trinajstić information content (AvgIpc) is 2.48. The van der Waals surface area contributed by atoms with Gasteiger partial charge in [0.1, 0.15) is 0 Å². The van der Waals surface area contributed by atoms with Gasteiger partial charge in [0.25, 0.3) is 0 Å². The van der Waals surface area contributed by atoms with Crippen molar-refractivity contribution in [2.45, 2.75) is 57.6 Å². The third-order valence-corrected chi connectivity index (χ3v) is 6.92. The lowest BCUT2D eigenvalue weighted by molar-refractivity contribution is -0.168. The third-order valence-electron chi connectivity index (χ3n) is 5.87. The third kappa shape index (κ3) is 4.29. The summed E-state index contributed by atoms with van der Waals surface area (Å²) in [6.07, 6.45) is 8.26. The Morgan fingerprint density at radius 1 is 1.30 bits per heavy atom. The van der Waals surface area contributed by atoms with E-state index in [-0.39, 0.29) is 24.0 Å². The van der Waals surface area contributed by atoms with Crippen LogP contribution in [0.15, 0.2) is 4.99 Å². The molecule has 3 rings (SSSR count). The Kier molecular flexibility index (Phi) is 7.79. The highest BCUT2D eigenvalue weighted by molar-refractivity contribution is 14.0. The molecule has 0 amide bonds. The monoisotopic (exact) mass is 453 g/mol. The molecule has 0 bridgehead atoms. The molecule has 1 heterocycles. The Hall–Kier alpha value is 0.310. The number of nitrogens with zero attached hydrogens (tertiary/aromatic N) is 1. The topological polar surface area (TPSA) is 45.6 Å². The van der Waals surface area contributed by atoms with Gasteiger partial charge in [-0.15, -0.1) is 24.0 Å². The first-order valence-electron chi connectivity index (χ1n) is 8.95. The van der Waals surface area contributed by atoms with Crippen LogP contribution in [0.3, 0.4) is 0 Å². The molecule has 6 heteroatoms. The molecule has 0 aromatic heterocycles. The van der Waals surface area contributed by atoms with Gasteiger partial charge in [-0.2, -0.15) is 11.8 Å². The van der Waals surface area contributed by atoms with Crippen LogP contribution in [-0.4, -0.2) is 49.8 Å². The maximum Gasteiger partial charge on any atom is 0.191 e. The predicted octanol–water partition coefficient (Wildman–Crippen LogP) is 3.26. The average molecular weight is 453 g/mol. The lowest BCUT2D eigenvalue weighted by atomic mass is 9.51. The lowest BCUT2D eigenvalue weighted by Gasteiger charge is -2.61. The minimum absolute atomic E-state index is 0. The van der Waals surface area contributed by atoms with Gasteiger partial charge in [0.15, 0.2) is 5.96 Å². The van der Waals surface area contributed by atoms with Crippen molar-refractivity contribution in [3.05, 3.63) is 0 Å². The van der Waals surface area contributed by atoms with Gasteiger partial charge < -0.3 is 15.4 Å². The first kappa shape index (κ1) is 19.6. The number of ether oxygens (including phenoxy) is 1. The highest BCUT2D eigenvalue weighted by atomic mass is 127. The second-order valence-corrected chi connectivity index (χ2v) is 8.20. The smallest absolute Gasteiger partial charge is 0.191 e. The summed E-state index contributed by atoms with van der Waals surface area (Å²) in [5.74, 6) is 4.44. The van der Waals surface area contributed by atoms with Gasteiger partial charge in [0, 0.05) is 31.7 Å². The summed E-state index contributed by atoms with van der Waals surface area (Å²) in [6, 6.07) is 0.547. The largest absolute Gasteiger partial charge is 0.378 e. The van der Waals surface area contributed by atoms with Gasteiger partial charge in [0.2, 0.25) is 0 Å². The molecule has 2 N–H and O–H groups in total. The fourth-order valence-corrected chi connectivity index (χ4v) is 5.40. The molecule has 1 aliphatic heterocycles. The van der Waals surface area contributed by atoms with Crippen LogP contribution in [0.1, 0.15) is 45.4 Å². The van der Waals surface area contributed by atoms with Gasteiger partial charge in [-0.1, -0.05) is 6.42 Å². The Morgan fingerprint density at radius 3 is 2.61 bits per heavy atom. The molecule has 0 aromatic carbocycles. The van der Waals surface area contributed by atoms with Crippen LogP contribution in [0, 0.1) is 11.3 Å². The number of halogens is 1. The zero-order valence-corrected chi connectivity index (χ0v) is 17.6. The molecule has 2 saturated carbocycles. The molecule has 0 radical (unpaired) electrons. The molecule has 1 saturated heterocycles. The van der Waals surface area contributed by atoms with Gasteiger partial charge in [0.05, 0.1) is 6.10 Å². The van der Waals surface area contributed by atoms with Crippen molar-refractivity contribution in [2.24, 2.45) is 16.3 Å². The van der Waals surface area contributed by atoms with Crippen LogP contribution >= 0.6 is 35.7 Å². The van der Waals surface area contributed by atoms with Crippen LogP contribution < -0.4 is 10.6 Å². The van der Waals surface area contributed by atoms with Crippen LogP contribution in [0.5, 0.6) is 0 Å². The number of hydrogen-bond acceptors (Lipinski definition) is 3. The highest BCUT2D eigenvalue weighted by Gasteiger charge is 2.59. The van der Waals surface area contributed by atoms with Gasteiger partial charge >= 0.3 is 0 Å². The minimum Gasteiger partial charge on any atom is -0.378 e. The van der Waals surface area contributed by atoms with Crippen molar-refractivity contribution < 1.29 is 4.74 Å². The minimum atomic E-state index is 0. The van der Waals surface area contributed by atoms with Crippen LogP contribution in [0.2, 0.25) is 0 Å². The molecule has 3 fully saturated rings. The van der Waals surface area contributed by atoms with E-state index in [4.69, 9.17) is 4.74 Å². The maximum atomic E-state index is 5.93. The zero-order valence-electron chi connectivity index (χ0n) is 14.5. The molecule has 1 spiro atoms. The van der Waals surface area contributed by atoms with Crippen LogP contribution in [0.4, 0.5) is 0 Å². The van der Waals surface area contributed by atoms with E-state index < -0.39 is 0 Å². The standard InChI is InChI=1S/C17H31N3OS.HI/c1-3-21-15-11-14(17(15)7-4-8-17)20-16(18-2)19-12-13-5-9-22-10-6-13;/h13-15H,3-12H2,1-2H3,(H2,18,19,20);1H. The fraction of sp³-hybridized carbons (Fsp3) is 0.941. The molecular weight excluding hydrogens is 421 g/mol. The van der Waals surface area contributed by atoms with Crippen molar-refractivity contribution in [2.75, 3.05) is 31.7 Å². The Labute approximate surface area is 162 Å². The molecule has 134 valence electrons. The molecule has 23 heavy (non-hydrogen) atoms. The predicted molar refractivity (Wildman–Crippen MR) is 110 cm³/mol. The second kappa shape index (κ2) is 9.13. The summed E-state index contributed by atoms with van der Waals surface area (Å²) in [5, 5.41) is 7.24. The summed E-state index contributed by atoms with van der Waals surface area (Å²) in [7, 11) is 1.89. The number of guanidine groups is 1. The fourth-order valence-electron chi connectivity index (χ4n) is 4.19. The number of hydrogen-bond donors (Lipinski definition) is 2. The van der Waals surface area contributed by atoms with E-state index in [2.05, 4.69) is 34.3 Å². The molecule has 3 aliphatic rings. The van der Waals surface area contributed by atoms with Crippen molar-refractivity contribution >= 4 is 41.7 Å². The molecule has 2 aliphatic carbocycles. The van der Waals surface area contributed by atoms with E-state index in [9.17, 15) is 0 Å².